The molecule has 0 saturated heterocycles. The zero-order chi connectivity index (χ0) is 22.7. The Bertz CT molecular complexity index is 1290. The number of amides is 1. The summed E-state index contributed by atoms with van der Waals surface area (Å²) in [5.41, 5.74) is 1.75. The van der Waals surface area contributed by atoms with Crippen LogP contribution in [0.25, 0.3) is 17.1 Å². The van der Waals surface area contributed by atoms with Crippen LogP contribution >= 0.6 is 23.2 Å². The molecule has 4 aromatic rings. The molecule has 0 aliphatic heterocycles. The summed E-state index contributed by atoms with van der Waals surface area (Å²) in [6.45, 7) is 0.316. The number of nitrogens with one attached hydrogen (secondary N) is 1. The number of nitro benzene ring substituents is 1. The van der Waals surface area contributed by atoms with Crippen molar-refractivity contribution in [2.45, 2.75) is 6.42 Å². The van der Waals surface area contributed by atoms with Gasteiger partial charge in [-0.05, 0) is 42.3 Å². The van der Waals surface area contributed by atoms with Crippen molar-refractivity contribution in [1.29, 1.82) is 0 Å². The van der Waals surface area contributed by atoms with Gasteiger partial charge < -0.3 is 9.73 Å². The highest BCUT2D eigenvalue weighted by atomic mass is 35.5. The normalized spacial score (nSPS) is 10.8. The van der Waals surface area contributed by atoms with Gasteiger partial charge in [0.2, 0.25) is 0 Å². The smallest absolute Gasteiger partial charge is 0.271 e. The highest BCUT2D eigenvalue weighted by Crippen LogP contribution is 2.24. The molecule has 0 saturated carbocycles. The fourth-order valence-corrected chi connectivity index (χ4v) is 3.65. The largest absolute Gasteiger partial charge is 0.463 e. The number of benzene rings is 2. The number of nitrogens with zero attached hydrogens (tertiary/aromatic N) is 3. The van der Waals surface area contributed by atoms with Crippen LogP contribution in [-0.4, -0.2) is 27.2 Å². The number of hydrogen-bond donors (Lipinski definition) is 1. The second-order valence-electron chi connectivity index (χ2n) is 6.82. The first-order valence-corrected chi connectivity index (χ1v) is 10.3. The van der Waals surface area contributed by atoms with Crippen LogP contribution in [0.1, 0.15) is 16.1 Å². The Morgan fingerprint density at radius 1 is 1.12 bits per heavy atom. The molecule has 2 aromatic heterocycles. The summed E-state index contributed by atoms with van der Waals surface area (Å²) < 4.78 is 6.74. The standard InChI is InChI=1S/C22H16Cl2N4O4/c23-15-7-6-14(18(24)11-15)8-9-25-22(29)20-13-19(21-5-2-10-32-21)26-27(20)16-3-1-4-17(12-16)28(30)31/h1-7,10-13H,8-9H2,(H,25,29). The minimum atomic E-state index is -0.504. The summed E-state index contributed by atoms with van der Waals surface area (Å²) in [6.07, 6.45) is 2.00. The number of halogens is 2. The maximum Gasteiger partial charge on any atom is 0.271 e. The number of hydrogen-bond acceptors (Lipinski definition) is 5. The number of aromatic nitrogens is 2. The molecule has 0 aliphatic rings. The van der Waals surface area contributed by atoms with Crippen LogP contribution in [0.4, 0.5) is 5.69 Å². The summed E-state index contributed by atoms with van der Waals surface area (Å²) in [7, 11) is 0. The van der Waals surface area contributed by atoms with E-state index in [1.807, 2.05) is 0 Å². The van der Waals surface area contributed by atoms with Gasteiger partial charge in [-0.2, -0.15) is 5.10 Å². The van der Waals surface area contributed by atoms with Gasteiger partial charge in [-0.3, -0.25) is 14.9 Å². The third-order valence-electron chi connectivity index (χ3n) is 4.70. The van der Waals surface area contributed by atoms with E-state index in [0.29, 0.717) is 40.2 Å². The summed E-state index contributed by atoms with van der Waals surface area (Å²) >= 11 is 12.1. The highest BCUT2D eigenvalue weighted by Gasteiger charge is 2.20. The van der Waals surface area contributed by atoms with E-state index in [-0.39, 0.29) is 11.4 Å². The van der Waals surface area contributed by atoms with Crippen molar-refractivity contribution in [2.24, 2.45) is 0 Å². The van der Waals surface area contributed by atoms with Crippen molar-refractivity contribution >= 4 is 34.8 Å². The molecule has 0 bridgehead atoms. The first kappa shape index (κ1) is 21.6. The molecule has 4 rings (SSSR count). The molecule has 2 heterocycles. The van der Waals surface area contributed by atoms with E-state index in [1.165, 1.54) is 29.1 Å². The first-order valence-electron chi connectivity index (χ1n) is 9.53. The van der Waals surface area contributed by atoms with Crippen LogP contribution in [0.2, 0.25) is 10.0 Å². The van der Waals surface area contributed by atoms with Crippen molar-refractivity contribution in [3.63, 3.8) is 0 Å². The number of furan rings is 1. The Balaban J connectivity index is 1.61. The topological polar surface area (TPSA) is 103 Å². The number of rotatable bonds is 7. The van der Waals surface area contributed by atoms with Crippen molar-refractivity contribution in [3.8, 4) is 17.1 Å². The van der Waals surface area contributed by atoms with Gasteiger partial charge in [-0.1, -0.05) is 35.3 Å². The van der Waals surface area contributed by atoms with Crippen LogP contribution in [0.3, 0.4) is 0 Å². The quantitative estimate of drug-likeness (QED) is 0.290. The lowest BCUT2D eigenvalue weighted by atomic mass is 10.1. The Morgan fingerprint density at radius 3 is 2.69 bits per heavy atom. The minimum absolute atomic E-state index is 0.110. The van der Waals surface area contributed by atoms with Crippen molar-refractivity contribution in [2.75, 3.05) is 6.54 Å². The fourth-order valence-electron chi connectivity index (χ4n) is 3.15. The molecule has 0 fully saturated rings. The monoisotopic (exact) mass is 470 g/mol. The average Bonchev–Trinajstić information content (AvgIpc) is 3.45. The zero-order valence-corrected chi connectivity index (χ0v) is 18.0. The molecule has 10 heteroatoms. The third kappa shape index (κ3) is 4.66. The van der Waals surface area contributed by atoms with E-state index in [4.69, 9.17) is 27.6 Å². The summed E-state index contributed by atoms with van der Waals surface area (Å²) in [4.78, 5) is 23.7. The van der Waals surface area contributed by atoms with Gasteiger partial charge in [-0.25, -0.2) is 4.68 Å². The number of carbonyl (C=O) groups is 1. The summed E-state index contributed by atoms with van der Waals surface area (Å²) in [5, 5.41) is 19.5. The van der Waals surface area contributed by atoms with E-state index < -0.39 is 10.8 Å². The Labute approximate surface area is 192 Å². The zero-order valence-electron chi connectivity index (χ0n) is 16.5. The number of non-ortho nitro benzene ring substituents is 1. The molecule has 1 amide bonds. The van der Waals surface area contributed by atoms with Crippen LogP contribution < -0.4 is 5.32 Å². The Kier molecular flexibility index (Phi) is 6.25. The molecule has 0 aliphatic carbocycles. The van der Waals surface area contributed by atoms with Crippen LogP contribution in [0.15, 0.2) is 71.3 Å². The van der Waals surface area contributed by atoms with E-state index >= 15 is 0 Å². The summed E-state index contributed by atoms with van der Waals surface area (Å²) in [6, 6.07) is 16.1. The SMILES string of the molecule is O=C(NCCc1ccc(Cl)cc1Cl)c1cc(-c2ccco2)nn1-c1cccc([N+](=O)[O-])c1. The van der Waals surface area contributed by atoms with Gasteiger partial charge in [0, 0.05) is 34.8 Å². The highest BCUT2D eigenvalue weighted by molar-refractivity contribution is 6.35. The van der Waals surface area contributed by atoms with Crippen molar-refractivity contribution < 1.29 is 14.1 Å². The van der Waals surface area contributed by atoms with Crippen LogP contribution in [0.5, 0.6) is 0 Å². The molecular weight excluding hydrogens is 455 g/mol. The fraction of sp³-hybridized carbons (Fsp3) is 0.0909. The van der Waals surface area contributed by atoms with Gasteiger partial charge >= 0.3 is 0 Å². The predicted octanol–water partition coefficient (Wildman–Crippen LogP) is 5.32. The van der Waals surface area contributed by atoms with Crippen LogP contribution in [-0.2, 0) is 6.42 Å². The molecule has 162 valence electrons. The third-order valence-corrected chi connectivity index (χ3v) is 5.28. The average molecular weight is 471 g/mol. The van der Waals surface area contributed by atoms with E-state index in [2.05, 4.69) is 10.4 Å². The predicted molar refractivity (Wildman–Crippen MR) is 120 cm³/mol. The van der Waals surface area contributed by atoms with Crippen molar-refractivity contribution in [1.82, 2.24) is 15.1 Å². The lowest BCUT2D eigenvalue weighted by Crippen LogP contribution is -2.28. The summed E-state index contributed by atoms with van der Waals surface area (Å²) in [5.74, 6) is 0.0723. The molecule has 8 nitrogen and oxygen atoms in total. The molecular formula is C22H16Cl2N4O4. The maximum atomic E-state index is 13.0. The molecule has 0 unspecified atom stereocenters. The first-order chi connectivity index (χ1) is 15.4. The van der Waals surface area contributed by atoms with E-state index in [0.717, 1.165) is 5.56 Å². The maximum absolute atomic E-state index is 13.0. The second kappa shape index (κ2) is 9.25. The van der Waals surface area contributed by atoms with Crippen molar-refractivity contribution in [3.05, 3.63) is 98.3 Å². The molecule has 32 heavy (non-hydrogen) atoms. The molecule has 0 spiro atoms. The number of nitro groups is 1. The lowest BCUT2D eigenvalue weighted by Gasteiger charge is -2.09. The van der Waals surface area contributed by atoms with E-state index in [1.54, 1.807) is 42.5 Å². The second-order valence-corrected chi connectivity index (χ2v) is 7.67. The Hall–Kier alpha value is -3.62. The van der Waals surface area contributed by atoms with Gasteiger partial charge in [-0.15, -0.1) is 0 Å². The Morgan fingerprint density at radius 2 is 1.97 bits per heavy atom. The molecule has 0 radical (unpaired) electrons. The van der Waals surface area contributed by atoms with Gasteiger partial charge in [0.15, 0.2) is 5.76 Å². The van der Waals surface area contributed by atoms with Crippen LogP contribution in [0, 0.1) is 10.1 Å². The van der Waals surface area contributed by atoms with Gasteiger partial charge in [0.05, 0.1) is 16.9 Å². The molecule has 0 atom stereocenters. The lowest BCUT2D eigenvalue weighted by molar-refractivity contribution is -0.384. The van der Waals surface area contributed by atoms with Gasteiger partial charge in [0.25, 0.3) is 11.6 Å². The van der Waals surface area contributed by atoms with E-state index in [9.17, 15) is 14.9 Å². The van der Waals surface area contributed by atoms with Gasteiger partial charge in [0.1, 0.15) is 11.4 Å². The molecule has 2 aromatic carbocycles. The molecule has 1 N–H and O–H groups in total. The minimum Gasteiger partial charge on any atom is -0.463 e. The number of carbonyl (C=O) groups excluding carboxylic acids is 1.